The molecule has 140 valence electrons. The predicted molar refractivity (Wildman–Crippen MR) is 108 cm³/mol. The number of carbonyl (C=O) groups is 1. The summed E-state index contributed by atoms with van der Waals surface area (Å²) >= 11 is 11.9. The highest BCUT2D eigenvalue weighted by atomic mass is 35.5. The summed E-state index contributed by atoms with van der Waals surface area (Å²) < 4.78 is 25.9. The van der Waals surface area contributed by atoms with Crippen molar-refractivity contribution in [2.24, 2.45) is 0 Å². The maximum Gasteiger partial charge on any atom is 0.247 e. The van der Waals surface area contributed by atoms with Gasteiger partial charge in [-0.25, -0.2) is 8.42 Å². The third kappa shape index (κ3) is 4.90. The molecule has 1 amide bonds. The van der Waals surface area contributed by atoms with E-state index in [2.05, 4.69) is 5.32 Å². The van der Waals surface area contributed by atoms with Crippen LogP contribution in [-0.4, -0.2) is 26.6 Å². The molecular weight excluding hydrogens is 395 g/mol. The van der Waals surface area contributed by atoms with E-state index in [0.29, 0.717) is 21.4 Å². The molecule has 0 saturated heterocycles. The molecule has 0 saturated carbocycles. The van der Waals surface area contributed by atoms with E-state index in [9.17, 15) is 13.2 Å². The summed E-state index contributed by atoms with van der Waals surface area (Å²) in [5.41, 5.74) is 2.52. The number of anilines is 2. The van der Waals surface area contributed by atoms with E-state index in [1.54, 1.807) is 31.2 Å². The second-order valence-corrected chi connectivity index (χ2v) is 8.90. The molecule has 1 atom stereocenters. The maximum atomic E-state index is 12.7. The summed E-state index contributed by atoms with van der Waals surface area (Å²) in [6.45, 7) is 5.20. The van der Waals surface area contributed by atoms with Gasteiger partial charge in [-0.2, -0.15) is 0 Å². The molecule has 0 aliphatic carbocycles. The lowest BCUT2D eigenvalue weighted by atomic mass is 10.1. The quantitative estimate of drug-likeness (QED) is 0.787. The monoisotopic (exact) mass is 414 g/mol. The molecule has 26 heavy (non-hydrogen) atoms. The number of carbonyl (C=O) groups excluding carboxylic acids is 1. The first-order chi connectivity index (χ1) is 12.0. The average molecular weight is 415 g/mol. The Morgan fingerprint density at radius 3 is 2.19 bits per heavy atom. The second kappa shape index (κ2) is 7.86. The predicted octanol–water partition coefficient (Wildman–Crippen LogP) is 4.40. The van der Waals surface area contributed by atoms with E-state index in [-0.39, 0.29) is 0 Å². The van der Waals surface area contributed by atoms with Gasteiger partial charge in [-0.15, -0.1) is 0 Å². The molecule has 5 nitrogen and oxygen atoms in total. The molecule has 0 fully saturated rings. The van der Waals surface area contributed by atoms with Crippen molar-refractivity contribution in [1.29, 1.82) is 0 Å². The molecule has 2 aromatic rings. The van der Waals surface area contributed by atoms with Crippen molar-refractivity contribution in [1.82, 2.24) is 0 Å². The van der Waals surface area contributed by atoms with Gasteiger partial charge in [0.2, 0.25) is 15.9 Å². The first-order valence-electron chi connectivity index (χ1n) is 7.82. The molecule has 0 aliphatic heterocycles. The molecule has 8 heteroatoms. The van der Waals surface area contributed by atoms with Crippen LogP contribution in [0.3, 0.4) is 0 Å². The Balaban J connectivity index is 2.39. The van der Waals surface area contributed by atoms with Gasteiger partial charge in [0, 0.05) is 15.7 Å². The standard InChI is InChI=1S/C18H20Cl2N2O3S/c1-11-5-6-12(2)17(7-11)22(26(4,24)25)13(3)18(23)21-16-9-14(19)8-15(20)10-16/h5-10,13H,1-4H3,(H,21,23)/t13-/m1/s1. The third-order valence-electron chi connectivity index (χ3n) is 3.82. The molecule has 0 aliphatic rings. The summed E-state index contributed by atoms with van der Waals surface area (Å²) in [5.74, 6) is -0.491. The second-order valence-electron chi connectivity index (χ2n) is 6.17. The van der Waals surface area contributed by atoms with Crippen LogP contribution in [0, 0.1) is 13.8 Å². The van der Waals surface area contributed by atoms with Crippen LogP contribution in [0.2, 0.25) is 10.0 Å². The Morgan fingerprint density at radius 1 is 1.08 bits per heavy atom. The van der Waals surface area contributed by atoms with Crippen molar-refractivity contribution in [2.45, 2.75) is 26.8 Å². The average Bonchev–Trinajstić information content (AvgIpc) is 2.48. The van der Waals surface area contributed by atoms with Crippen molar-refractivity contribution >= 4 is 50.5 Å². The van der Waals surface area contributed by atoms with Crippen LogP contribution < -0.4 is 9.62 Å². The highest BCUT2D eigenvalue weighted by molar-refractivity contribution is 7.92. The van der Waals surface area contributed by atoms with E-state index in [4.69, 9.17) is 23.2 Å². The Bertz CT molecular complexity index is 925. The van der Waals surface area contributed by atoms with Gasteiger partial charge in [0.05, 0.1) is 11.9 Å². The van der Waals surface area contributed by atoms with Crippen LogP contribution in [0.1, 0.15) is 18.1 Å². The summed E-state index contributed by atoms with van der Waals surface area (Å²) in [5, 5.41) is 3.41. The first-order valence-corrected chi connectivity index (χ1v) is 10.4. The number of nitrogens with zero attached hydrogens (tertiary/aromatic N) is 1. The molecule has 0 heterocycles. The molecule has 0 radical (unpaired) electrons. The molecule has 2 aromatic carbocycles. The summed E-state index contributed by atoms with van der Waals surface area (Å²) in [7, 11) is -3.69. The zero-order chi connectivity index (χ0) is 19.6. The minimum Gasteiger partial charge on any atom is -0.324 e. The van der Waals surface area contributed by atoms with Crippen LogP contribution in [0.25, 0.3) is 0 Å². The zero-order valence-corrected chi connectivity index (χ0v) is 17.2. The van der Waals surface area contributed by atoms with Gasteiger partial charge in [-0.3, -0.25) is 9.10 Å². The Morgan fingerprint density at radius 2 is 1.65 bits per heavy atom. The minimum atomic E-state index is -3.69. The van der Waals surface area contributed by atoms with Crippen LogP contribution in [0.15, 0.2) is 36.4 Å². The highest BCUT2D eigenvalue weighted by Crippen LogP contribution is 2.27. The number of hydrogen-bond donors (Lipinski definition) is 1. The van der Waals surface area contributed by atoms with Gasteiger partial charge in [-0.05, 0) is 56.2 Å². The van der Waals surface area contributed by atoms with E-state index >= 15 is 0 Å². The van der Waals surface area contributed by atoms with Gasteiger partial charge >= 0.3 is 0 Å². The van der Waals surface area contributed by atoms with E-state index < -0.39 is 22.0 Å². The van der Waals surface area contributed by atoms with Crippen LogP contribution in [-0.2, 0) is 14.8 Å². The third-order valence-corrected chi connectivity index (χ3v) is 5.48. The smallest absolute Gasteiger partial charge is 0.247 e. The largest absolute Gasteiger partial charge is 0.324 e. The molecule has 0 aromatic heterocycles. The molecule has 2 rings (SSSR count). The van der Waals surface area contributed by atoms with Crippen molar-refractivity contribution in [3.8, 4) is 0 Å². The number of sulfonamides is 1. The molecule has 0 unspecified atom stereocenters. The first kappa shape index (κ1) is 20.6. The number of rotatable bonds is 5. The lowest BCUT2D eigenvalue weighted by Crippen LogP contribution is -2.45. The highest BCUT2D eigenvalue weighted by Gasteiger charge is 2.30. The summed E-state index contributed by atoms with van der Waals surface area (Å²) in [6, 6.07) is 9.12. The lowest BCUT2D eigenvalue weighted by molar-refractivity contribution is -0.116. The summed E-state index contributed by atoms with van der Waals surface area (Å²) in [6.07, 6.45) is 1.08. The Hall–Kier alpha value is -1.76. The van der Waals surface area contributed by atoms with Crippen molar-refractivity contribution < 1.29 is 13.2 Å². The topological polar surface area (TPSA) is 66.5 Å². The van der Waals surface area contributed by atoms with Gasteiger partial charge in [-0.1, -0.05) is 35.3 Å². The van der Waals surface area contributed by atoms with E-state index in [1.807, 2.05) is 19.1 Å². The Kier molecular flexibility index (Phi) is 6.21. The van der Waals surface area contributed by atoms with E-state index in [0.717, 1.165) is 21.7 Å². The van der Waals surface area contributed by atoms with Gasteiger partial charge in [0.15, 0.2) is 0 Å². The number of aryl methyl sites for hydroxylation is 2. The van der Waals surface area contributed by atoms with Crippen LogP contribution in [0.5, 0.6) is 0 Å². The van der Waals surface area contributed by atoms with Crippen molar-refractivity contribution in [3.63, 3.8) is 0 Å². The molecular formula is C18H20Cl2N2O3S. The SMILES string of the molecule is Cc1ccc(C)c(N([C@H](C)C(=O)Nc2cc(Cl)cc(Cl)c2)S(C)(=O)=O)c1. The summed E-state index contributed by atoms with van der Waals surface area (Å²) in [4.78, 5) is 12.7. The number of halogens is 2. The van der Waals surface area contributed by atoms with Crippen LogP contribution >= 0.6 is 23.2 Å². The normalized spacial score (nSPS) is 12.5. The molecule has 0 bridgehead atoms. The van der Waals surface area contributed by atoms with Crippen molar-refractivity contribution in [3.05, 3.63) is 57.6 Å². The van der Waals surface area contributed by atoms with Gasteiger partial charge < -0.3 is 5.32 Å². The number of hydrogen-bond acceptors (Lipinski definition) is 3. The maximum absolute atomic E-state index is 12.7. The number of amides is 1. The zero-order valence-electron chi connectivity index (χ0n) is 14.9. The fourth-order valence-corrected chi connectivity index (χ4v) is 4.36. The molecule has 0 spiro atoms. The minimum absolute atomic E-state index is 0.370. The fourth-order valence-electron chi connectivity index (χ4n) is 2.61. The number of benzene rings is 2. The number of nitrogens with one attached hydrogen (secondary N) is 1. The van der Waals surface area contributed by atoms with Crippen molar-refractivity contribution in [2.75, 3.05) is 15.9 Å². The van der Waals surface area contributed by atoms with Gasteiger partial charge in [0.25, 0.3) is 0 Å². The molecule has 1 N–H and O–H groups in total. The van der Waals surface area contributed by atoms with Gasteiger partial charge in [0.1, 0.15) is 6.04 Å². The lowest BCUT2D eigenvalue weighted by Gasteiger charge is -2.29. The van der Waals surface area contributed by atoms with E-state index in [1.165, 1.54) is 6.92 Å². The Labute approximate surface area is 164 Å². The van der Waals surface area contributed by atoms with Crippen LogP contribution in [0.4, 0.5) is 11.4 Å². The fraction of sp³-hybridized carbons (Fsp3) is 0.278.